The Labute approximate surface area is 247 Å². The third-order valence-electron chi connectivity index (χ3n) is 8.47. The molecule has 0 spiro atoms. The molecule has 2 saturated carbocycles. The third-order valence-corrected chi connectivity index (χ3v) is 13.7. The average molecular weight is 605 g/mol. The van der Waals surface area contributed by atoms with Crippen molar-refractivity contribution in [2.75, 3.05) is 33.0 Å². The lowest BCUT2D eigenvalue weighted by Crippen LogP contribution is -2.47. The highest BCUT2D eigenvalue weighted by molar-refractivity contribution is 6.60. The summed E-state index contributed by atoms with van der Waals surface area (Å²) in [5.41, 5.74) is 0. The molecule has 0 bridgehead atoms. The summed E-state index contributed by atoms with van der Waals surface area (Å²) in [6, 6.07) is 0.967. The fourth-order valence-electron chi connectivity index (χ4n) is 6.17. The van der Waals surface area contributed by atoms with Crippen LogP contribution in [0.2, 0.25) is 12.6 Å². The maximum Gasteiger partial charge on any atom is 0.500 e. The number of epoxide rings is 2. The van der Waals surface area contributed by atoms with Gasteiger partial charge >= 0.3 is 17.6 Å². The Bertz CT molecular complexity index is 673. The van der Waals surface area contributed by atoms with Crippen LogP contribution in [-0.2, 0) is 36.0 Å². The number of hydrogen-bond donors (Lipinski definition) is 0. The monoisotopic (exact) mass is 604 g/mol. The minimum Gasteiger partial charge on any atom is -0.374 e. The molecule has 4 rings (SSSR count). The largest absolute Gasteiger partial charge is 0.500 e. The molecular formula is C30H60O8Si2. The fourth-order valence-corrected chi connectivity index (χ4v) is 11.3. The molecule has 2 saturated heterocycles. The number of rotatable bonds is 19. The fraction of sp³-hybridized carbons (Fsp3) is 1.00. The van der Waals surface area contributed by atoms with E-state index in [1.165, 1.54) is 32.1 Å². The van der Waals surface area contributed by atoms with Crippen molar-refractivity contribution in [1.29, 1.82) is 0 Å². The summed E-state index contributed by atoms with van der Waals surface area (Å²) in [5.74, 6) is 1.35. The third kappa shape index (κ3) is 11.3. The Morgan fingerprint density at radius 3 is 1.68 bits per heavy atom. The van der Waals surface area contributed by atoms with Crippen molar-refractivity contribution in [3.8, 4) is 0 Å². The van der Waals surface area contributed by atoms with E-state index in [-0.39, 0.29) is 6.10 Å². The first-order valence-electron chi connectivity index (χ1n) is 16.5. The van der Waals surface area contributed by atoms with Crippen molar-refractivity contribution in [2.45, 2.75) is 149 Å². The first kappa shape index (κ1) is 34.6. The highest BCUT2D eigenvalue weighted by Gasteiger charge is 2.48. The highest BCUT2D eigenvalue weighted by Crippen LogP contribution is 2.42. The van der Waals surface area contributed by atoms with E-state index in [0.29, 0.717) is 43.5 Å². The number of hydrogen-bond acceptors (Lipinski definition) is 8. The minimum absolute atomic E-state index is 0.199. The van der Waals surface area contributed by atoms with Crippen LogP contribution in [0.25, 0.3) is 0 Å². The van der Waals surface area contributed by atoms with Gasteiger partial charge in [-0.3, -0.25) is 0 Å². The van der Waals surface area contributed by atoms with Crippen LogP contribution in [0.1, 0.15) is 106 Å². The lowest BCUT2D eigenvalue weighted by molar-refractivity contribution is 0.0157. The van der Waals surface area contributed by atoms with Crippen molar-refractivity contribution in [3.63, 3.8) is 0 Å². The average Bonchev–Trinajstić information content (AvgIpc) is 3.87. The van der Waals surface area contributed by atoms with E-state index in [1.807, 2.05) is 20.4 Å². The zero-order valence-corrected chi connectivity index (χ0v) is 28.6. The Balaban J connectivity index is 0.000000225. The maximum atomic E-state index is 6.17. The predicted molar refractivity (Wildman–Crippen MR) is 161 cm³/mol. The second-order valence-corrected chi connectivity index (χ2v) is 17.3. The molecular weight excluding hydrogens is 544 g/mol. The van der Waals surface area contributed by atoms with E-state index >= 15 is 0 Å². The van der Waals surface area contributed by atoms with E-state index in [4.69, 9.17) is 36.0 Å². The van der Waals surface area contributed by atoms with Gasteiger partial charge in [0.2, 0.25) is 0 Å². The van der Waals surface area contributed by atoms with Crippen LogP contribution in [0.3, 0.4) is 0 Å². The standard InChI is InChI=1S/C17H34O4Si.C13H26O4Si/c1-4-10-18-22(19-11-5-2,20-12-6-3)13-9-15-7-8-16-17(14-15)21-16;1-5-14-18(4,15-6-2)17-10(3)11-7-8-12-13(9-11)16-12/h15-17H,4-14H2,1-3H3;10-13H,5-9H2,1-4H3. The van der Waals surface area contributed by atoms with Crippen molar-refractivity contribution in [1.82, 2.24) is 0 Å². The molecule has 0 aromatic heterocycles. The van der Waals surface area contributed by atoms with Crippen molar-refractivity contribution in [2.24, 2.45) is 11.8 Å². The molecule has 2 heterocycles. The van der Waals surface area contributed by atoms with Crippen LogP contribution in [0.4, 0.5) is 0 Å². The van der Waals surface area contributed by atoms with Crippen LogP contribution in [0.15, 0.2) is 0 Å². The first-order chi connectivity index (χ1) is 19.3. The van der Waals surface area contributed by atoms with Crippen LogP contribution >= 0.6 is 0 Å². The number of ether oxygens (including phenoxy) is 2. The molecule has 0 N–H and O–H groups in total. The summed E-state index contributed by atoms with van der Waals surface area (Å²) >= 11 is 0. The summed E-state index contributed by atoms with van der Waals surface area (Å²) in [4.78, 5) is 0. The van der Waals surface area contributed by atoms with Crippen LogP contribution in [-0.4, -0.2) is 81.2 Å². The molecule has 0 amide bonds. The summed E-state index contributed by atoms with van der Waals surface area (Å²) in [7, 11) is -4.94. The highest BCUT2D eigenvalue weighted by atomic mass is 28.4. The van der Waals surface area contributed by atoms with Gasteiger partial charge in [0, 0.05) is 51.7 Å². The lowest BCUT2D eigenvalue weighted by Gasteiger charge is -2.33. The topological polar surface area (TPSA) is 80.4 Å². The minimum atomic E-state index is -2.49. The molecule has 0 aromatic carbocycles. The molecule has 4 fully saturated rings. The second-order valence-electron chi connectivity index (χ2n) is 12.0. The van der Waals surface area contributed by atoms with Crippen LogP contribution in [0.5, 0.6) is 0 Å². The maximum absolute atomic E-state index is 6.17. The molecule has 40 heavy (non-hydrogen) atoms. The Hall–Kier alpha value is 0.114. The SMILES string of the molecule is CCCO[Si](CCC1CCC2OC2C1)(OCCC)OCCC.CCO[Si](C)(OCC)OC(C)C1CCC2OC2C1. The summed E-state index contributed by atoms with van der Waals surface area (Å²) < 4.78 is 47.4. The quantitative estimate of drug-likeness (QED) is 0.118. The molecule has 236 valence electrons. The van der Waals surface area contributed by atoms with Crippen molar-refractivity contribution < 1.29 is 36.0 Å². The van der Waals surface area contributed by atoms with Gasteiger partial charge in [0.25, 0.3) is 0 Å². The smallest absolute Gasteiger partial charge is 0.374 e. The van der Waals surface area contributed by atoms with E-state index in [1.54, 1.807) is 0 Å². The number of fused-ring (bicyclic) bond motifs is 2. The van der Waals surface area contributed by atoms with Crippen molar-refractivity contribution >= 4 is 17.6 Å². The van der Waals surface area contributed by atoms with Gasteiger partial charge in [-0.15, -0.1) is 0 Å². The Kier molecular flexibility index (Phi) is 15.1. The van der Waals surface area contributed by atoms with Gasteiger partial charge in [-0.1, -0.05) is 20.8 Å². The van der Waals surface area contributed by atoms with Crippen molar-refractivity contribution in [3.05, 3.63) is 0 Å². The van der Waals surface area contributed by atoms with E-state index < -0.39 is 17.6 Å². The molecule has 7 atom stereocenters. The van der Waals surface area contributed by atoms with E-state index in [2.05, 4.69) is 27.7 Å². The second kappa shape index (κ2) is 17.4. The zero-order chi connectivity index (χ0) is 29.0. The predicted octanol–water partition coefficient (Wildman–Crippen LogP) is 6.76. The lowest BCUT2D eigenvalue weighted by atomic mass is 9.86. The molecule has 2 aliphatic carbocycles. The molecule has 4 aliphatic rings. The summed E-state index contributed by atoms with van der Waals surface area (Å²) in [5, 5.41) is 0. The van der Waals surface area contributed by atoms with Gasteiger partial charge in [0.05, 0.1) is 24.4 Å². The van der Waals surface area contributed by atoms with Gasteiger partial charge in [-0.25, -0.2) is 0 Å². The van der Waals surface area contributed by atoms with Crippen LogP contribution < -0.4 is 0 Å². The van der Waals surface area contributed by atoms with Gasteiger partial charge in [-0.2, -0.15) is 0 Å². The first-order valence-corrected chi connectivity index (χ1v) is 20.6. The van der Waals surface area contributed by atoms with Gasteiger partial charge in [-0.05, 0) is 96.8 Å². The zero-order valence-electron chi connectivity index (χ0n) is 26.6. The Morgan fingerprint density at radius 1 is 0.675 bits per heavy atom. The molecule has 0 aromatic rings. The van der Waals surface area contributed by atoms with Crippen LogP contribution in [0, 0.1) is 11.8 Å². The Morgan fingerprint density at radius 2 is 1.20 bits per heavy atom. The molecule has 10 heteroatoms. The molecule has 8 nitrogen and oxygen atoms in total. The van der Waals surface area contributed by atoms with Gasteiger partial charge in [0.1, 0.15) is 0 Å². The summed E-state index contributed by atoms with van der Waals surface area (Å²) in [6.45, 7) is 18.1. The van der Waals surface area contributed by atoms with E-state index in [0.717, 1.165) is 63.9 Å². The molecule has 2 aliphatic heterocycles. The molecule has 7 unspecified atom stereocenters. The van der Waals surface area contributed by atoms with Gasteiger partial charge in [0.15, 0.2) is 0 Å². The van der Waals surface area contributed by atoms with E-state index in [9.17, 15) is 0 Å². The summed E-state index contributed by atoms with van der Waals surface area (Å²) in [6.07, 6.45) is 13.9. The van der Waals surface area contributed by atoms with Gasteiger partial charge < -0.3 is 36.0 Å². The molecule has 0 radical (unpaired) electrons. The normalized spacial score (nSPS) is 30.1.